The molecule has 0 aliphatic heterocycles. The van der Waals surface area contributed by atoms with E-state index in [-0.39, 0.29) is 6.07 Å². The van der Waals surface area contributed by atoms with E-state index >= 15 is 0 Å². The lowest BCUT2D eigenvalue weighted by atomic mass is 10.1. The normalized spacial score (nSPS) is 11.6. The minimum atomic E-state index is -4.75. The third kappa shape index (κ3) is 6.83. The van der Waals surface area contributed by atoms with E-state index in [0.29, 0.717) is 12.1 Å². The van der Waals surface area contributed by atoms with Gasteiger partial charge in [0.05, 0.1) is 11.1 Å². The molecule has 3 aromatic rings. The van der Waals surface area contributed by atoms with E-state index in [1.807, 2.05) is 11.8 Å². The Bertz CT molecular complexity index is 923. The minimum Gasteiger partial charge on any atom is -0.166 e. The van der Waals surface area contributed by atoms with E-state index in [1.165, 1.54) is 26.5 Å². The Morgan fingerprint density at radius 3 is 1.50 bits per heavy atom. The number of benzene rings is 3. The van der Waals surface area contributed by atoms with Gasteiger partial charge in [-0.2, -0.15) is 26.3 Å². The summed E-state index contributed by atoms with van der Waals surface area (Å²) in [6, 6.07) is 17.0. The maximum atomic E-state index is 12.0. The number of alkyl halides is 6. The summed E-state index contributed by atoms with van der Waals surface area (Å²) in [5.41, 5.74) is 1.48. The highest BCUT2D eigenvalue weighted by Crippen LogP contribution is 2.35. The van der Waals surface area contributed by atoms with Gasteiger partial charge in [0.2, 0.25) is 0 Å². The van der Waals surface area contributed by atoms with Crippen molar-refractivity contribution in [3.05, 3.63) is 94.5 Å². The summed E-state index contributed by atoms with van der Waals surface area (Å²) in [4.78, 5) is 2.69. The average Bonchev–Trinajstić information content (AvgIpc) is 2.65. The van der Waals surface area contributed by atoms with E-state index in [4.69, 9.17) is 0 Å². The van der Waals surface area contributed by atoms with Crippen molar-refractivity contribution < 1.29 is 26.3 Å². The third-order valence-electron chi connectivity index (χ3n) is 4.09. The van der Waals surface area contributed by atoms with Crippen LogP contribution in [0, 0.1) is 20.8 Å². The van der Waals surface area contributed by atoms with Crippen LogP contribution >= 0.6 is 11.8 Å². The van der Waals surface area contributed by atoms with Crippen molar-refractivity contribution in [2.45, 2.75) is 42.9 Å². The van der Waals surface area contributed by atoms with Gasteiger partial charge in [-0.25, -0.2) is 0 Å². The van der Waals surface area contributed by atoms with Crippen LogP contribution in [0.5, 0.6) is 0 Å². The van der Waals surface area contributed by atoms with Crippen LogP contribution in [0.25, 0.3) is 0 Å². The predicted molar refractivity (Wildman–Crippen MR) is 108 cm³/mol. The van der Waals surface area contributed by atoms with E-state index < -0.39 is 23.5 Å². The molecule has 0 aliphatic rings. The van der Waals surface area contributed by atoms with E-state index in [0.717, 1.165) is 6.07 Å². The smallest absolute Gasteiger partial charge is 0.166 e. The fraction of sp³-hybridized carbons (Fsp3) is 0.217. The summed E-state index contributed by atoms with van der Waals surface area (Å²) in [7, 11) is 0. The fourth-order valence-corrected chi connectivity index (χ4v) is 3.77. The summed E-state index contributed by atoms with van der Waals surface area (Å²) in [6.45, 7) is 6.52. The molecule has 0 fully saturated rings. The molecule has 3 rings (SSSR count). The minimum absolute atomic E-state index is 0.0833. The highest BCUT2D eigenvalue weighted by atomic mass is 32.2. The van der Waals surface area contributed by atoms with Gasteiger partial charge < -0.3 is 0 Å². The fourth-order valence-electron chi connectivity index (χ4n) is 2.81. The molecule has 0 N–H and O–H groups in total. The molecule has 0 spiro atoms. The molecule has 0 bridgehead atoms. The molecule has 0 atom stereocenters. The van der Waals surface area contributed by atoms with Gasteiger partial charge in [-0.05, 0) is 62.2 Å². The lowest BCUT2D eigenvalue weighted by molar-refractivity contribution is -0.143. The van der Waals surface area contributed by atoms with Crippen molar-refractivity contribution >= 4 is 11.8 Å². The first-order valence-electron chi connectivity index (χ1n) is 8.93. The number of rotatable bonds is 2. The Hall–Kier alpha value is -2.41. The highest BCUT2D eigenvalue weighted by molar-refractivity contribution is 7.99. The second kappa shape index (κ2) is 9.60. The van der Waals surface area contributed by atoms with Crippen molar-refractivity contribution in [2.24, 2.45) is 0 Å². The van der Waals surface area contributed by atoms with Crippen LogP contribution in [0.4, 0.5) is 26.3 Å². The molecule has 30 heavy (non-hydrogen) atoms. The molecule has 160 valence electrons. The molecule has 0 aromatic heterocycles. The first kappa shape index (κ1) is 23.9. The largest absolute Gasteiger partial charge is 0.416 e. The van der Waals surface area contributed by atoms with E-state index in [1.54, 1.807) is 0 Å². The average molecular weight is 442 g/mol. The van der Waals surface area contributed by atoms with Crippen molar-refractivity contribution in [1.82, 2.24) is 0 Å². The van der Waals surface area contributed by atoms with Crippen molar-refractivity contribution in [1.29, 1.82) is 0 Å². The molecule has 0 unspecified atom stereocenters. The molecule has 0 saturated carbocycles. The number of hydrogen-bond acceptors (Lipinski definition) is 1. The Labute approximate surface area is 175 Å². The van der Waals surface area contributed by atoms with Gasteiger partial charge in [-0.15, -0.1) is 0 Å². The Balaban J connectivity index is 0.000000216. The van der Waals surface area contributed by atoms with Gasteiger partial charge >= 0.3 is 12.4 Å². The van der Waals surface area contributed by atoms with Crippen LogP contribution in [0.3, 0.4) is 0 Å². The number of halogens is 6. The van der Waals surface area contributed by atoms with Gasteiger partial charge in [0.25, 0.3) is 0 Å². The van der Waals surface area contributed by atoms with Gasteiger partial charge in [-0.3, -0.25) is 0 Å². The molecule has 0 amide bonds. The van der Waals surface area contributed by atoms with Crippen molar-refractivity contribution in [3.63, 3.8) is 0 Å². The Morgan fingerprint density at radius 1 is 0.600 bits per heavy atom. The summed E-state index contributed by atoms with van der Waals surface area (Å²) in [5, 5.41) is 0. The predicted octanol–water partition coefficient (Wildman–Crippen LogP) is 8.49. The third-order valence-corrected chi connectivity index (χ3v) is 5.44. The summed E-state index contributed by atoms with van der Waals surface area (Å²) in [6.07, 6.45) is -9.50. The standard InChI is InChI=1S/C15H16S.C8H4F6/c1-11-9-12(2)15(13(3)10-11)16-14-7-5-4-6-8-14;9-7(10,11)5-2-1-3-6(4-5)8(12,13)14/h4-10H,1-3H3;1-4H. The molecule has 3 aromatic carbocycles. The van der Waals surface area contributed by atoms with E-state index in [2.05, 4.69) is 63.2 Å². The lowest BCUT2D eigenvalue weighted by Crippen LogP contribution is -2.09. The molecular formula is C23H20F6S. The van der Waals surface area contributed by atoms with Crippen LogP contribution in [0.15, 0.2) is 76.5 Å². The molecule has 7 heteroatoms. The van der Waals surface area contributed by atoms with Crippen LogP contribution in [-0.4, -0.2) is 0 Å². The van der Waals surface area contributed by atoms with Gasteiger partial charge in [0.1, 0.15) is 0 Å². The topological polar surface area (TPSA) is 0 Å². The maximum absolute atomic E-state index is 12.0. The van der Waals surface area contributed by atoms with Gasteiger partial charge in [0.15, 0.2) is 0 Å². The van der Waals surface area contributed by atoms with Crippen molar-refractivity contribution in [2.75, 3.05) is 0 Å². The zero-order valence-electron chi connectivity index (χ0n) is 16.5. The zero-order valence-corrected chi connectivity index (χ0v) is 17.3. The summed E-state index contributed by atoms with van der Waals surface area (Å²) < 4.78 is 71.9. The van der Waals surface area contributed by atoms with Crippen LogP contribution in [0.2, 0.25) is 0 Å². The SMILES string of the molecule is Cc1cc(C)c(Sc2ccccc2)c(C)c1.FC(F)(F)c1cccc(C(F)(F)F)c1. The van der Waals surface area contributed by atoms with Gasteiger partial charge in [-0.1, -0.05) is 53.7 Å². The van der Waals surface area contributed by atoms with E-state index in [9.17, 15) is 26.3 Å². The molecule has 0 radical (unpaired) electrons. The number of aryl methyl sites for hydroxylation is 3. The second-order valence-electron chi connectivity index (χ2n) is 6.72. The summed E-state index contributed by atoms with van der Waals surface area (Å²) >= 11 is 1.85. The van der Waals surface area contributed by atoms with Crippen LogP contribution in [0.1, 0.15) is 27.8 Å². The van der Waals surface area contributed by atoms with Crippen LogP contribution in [-0.2, 0) is 12.4 Å². The molecule has 0 heterocycles. The molecule has 0 nitrogen and oxygen atoms in total. The van der Waals surface area contributed by atoms with Gasteiger partial charge in [0, 0.05) is 9.79 Å². The quantitative estimate of drug-likeness (QED) is 0.359. The Kier molecular flexibility index (Phi) is 7.64. The lowest BCUT2D eigenvalue weighted by Gasteiger charge is -2.10. The maximum Gasteiger partial charge on any atom is 0.416 e. The summed E-state index contributed by atoms with van der Waals surface area (Å²) in [5.74, 6) is 0. The Morgan fingerprint density at radius 2 is 1.07 bits per heavy atom. The molecular weight excluding hydrogens is 422 g/mol. The van der Waals surface area contributed by atoms with Crippen molar-refractivity contribution in [3.8, 4) is 0 Å². The molecule has 0 aliphatic carbocycles. The van der Waals surface area contributed by atoms with Crippen LogP contribution < -0.4 is 0 Å². The first-order chi connectivity index (χ1) is 13.9. The zero-order chi connectivity index (χ0) is 22.5. The highest BCUT2D eigenvalue weighted by Gasteiger charge is 2.35. The monoisotopic (exact) mass is 442 g/mol. The molecule has 0 saturated heterocycles. The second-order valence-corrected chi connectivity index (χ2v) is 7.80. The number of hydrogen-bond donors (Lipinski definition) is 0. The first-order valence-corrected chi connectivity index (χ1v) is 9.75.